The van der Waals surface area contributed by atoms with Crippen LogP contribution in [0.25, 0.3) is 11.0 Å². The molecule has 136 valence electrons. The van der Waals surface area contributed by atoms with Gasteiger partial charge >= 0.3 is 6.18 Å². The lowest BCUT2D eigenvalue weighted by molar-refractivity contribution is -0.146. The van der Waals surface area contributed by atoms with Gasteiger partial charge in [0.25, 0.3) is 0 Å². The summed E-state index contributed by atoms with van der Waals surface area (Å²) in [4.78, 5) is 15.7. The maximum Gasteiger partial charge on any atom is 0.449 e. The molecule has 0 aliphatic rings. The Bertz CT molecular complexity index is 914. The van der Waals surface area contributed by atoms with Crippen LogP contribution < -0.4 is 5.32 Å². The molecule has 2 aromatic carbocycles. The van der Waals surface area contributed by atoms with Crippen molar-refractivity contribution in [1.82, 2.24) is 14.9 Å². The second kappa shape index (κ2) is 7.19. The Labute approximate surface area is 148 Å². The summed E-state index contributed by atoms with van der Waals surface area (Å²) in [5.74, 6) is -1.18. The monoisotopic (exact) mass is 361 g/mol. The van der Waals surface area contributed by atoms with E-state index in [0.29, 0.717) is 5.52 Å². The predicted octanol–water partition coefficient (Wildman–Crippen LogP) is 3.72. The van der Waals surface area contributed by atoms with Crippen molar-refractivity contribution < 1.29 is 18.0 Å². The normalized spacial score (nSPS) is 11.7. The number of aryl methyl sites for hydroxylation is 1. The quantitative estimate of drug-likeness (QED) is 0.753. The molecule has 3 rings (SSSR count). The minimum absolute atomic E-state index is 0.00497. The number of carbonyl (C=O) groups is 1. The first-order chi connectivity index (χ1) is 12.3. The Balaban J connectivity index is 1.67. The molecule has 1 N–H and O–H groups in total. The van der Waals surface area contributed by atoms with E-state index in [4.69, 9.17) is 0 Å². The van der Waals surface area contributed by atoms with Gasteiger partial charge in [0.2, 0.25) is 11.7 Å². The van der Waals surface area contributed by atoms with E-state index < -0.39 is 12.0 Å². The fraction of sp³-hybridized carbons (Fsp3) is 0.263. The van der Waals surface area contributed by atoms with Gasteiger partial charge in [0.05, 0.1) is 17.5 Å². The van der Waals surface area contributed by atoms with Crippen molar-refractivity contribution in [3.8, 4) is 0 Å². The third-order valence-corrected chi connectivity index (χ3v) is 4.05. The Morgan fingerprint density at radius 3 is 2.50 bits per heavy atom. The number of para-hydroxylation sites is 2. The van der Waals surface area contributed by atoms with Crippen molar-refractivity contribution in [3.63, 3.8) is 0 Å². The third-order valence-electron chi connectivity index (χ3n) is 4.05. The van der Waals surface area contributed by atoms with Gasteiger partial charge in [-0.15, -0.1) is 0 Å². The molecule has 0 aliphatic carbocycles. The summed E-state index contributed by atoms with van der Waals surface area (Å²) in [5.41, 5.74) is 2.64. The van der Waals surface area contributed by atoms with Gasteiger partial charge in [-0.05, 0) is 24.6 Å². The van der Waals surface area contributed by atoms with Crippen LogP contribution in [0.15, 0.2) is 48.5 Å². The molecule has 7 heteroatoms. The Morgan fingerprint density at radius 1 is 1.12 bits per heavy atom. The van der Waals surface area contributed by atoms with Crippen molar-refractivity contribution >= 4 is 16.9 Å². The van der Waals surface area contributed by atoms with E-state index in [1.165, 1.54) is 6.07 Å². The molecule has 1 heterocycles. The lowest BCUT2D eigenvalue weighted by Gasteiger charge is -2.12. The molecule has 1 amide bonds. The summed E-state index contributed by atoms with van der Waals surface area (Å²) < 4.78 is 40.8. The maximum absolute atomic E-state index is 13.2. The first-order valence-electron chi connectivity index (χ1n) is 8.19. The molecule has 3 aromatic rings. The number of rotatable bonds is 5. The van der Waals surface area contributed by atoms with Gasteiger partial charge in [0.1, 0.15) is 0 Å². The molecular weight excluding hydrogens is 343 g/mol. The molecule has 0 saturated carbocycles. The molecule has 0 spiro atoms. The minimum atomic E-state index is -4.55. The Kier molecular flexibility index (Phi) is 4.97. The standard InChI is InChI=1S/C19H18F3N3O/c1-13-6-8-14(9-7-13)12-17(26)23-10-11-25-16-5-3-2-4-15(16)24-18(25)19(20,21)22/h2-9H,10-12H2,1H3,(H,23,26). The number of nitrogens with zero attached hydrogens (tertiary/aromatic N) is 2. The molecule has 4 nitrogen and oxygen atoms in total. The molecule has 0 atom stereocenters. The van der Waals surface area contributed by atoms with E-state index in [0.717, 1.165) is 15.7 Å². The van der Waals surface area contributed by atoms with Crippen LogP contribution in [-0.4, -0.2) is 22.0 Å². The number of aromatic nitrogens is 2. The molecule has 0 saturated heterocycles. The summed E-state index contributed by atoms with van der Waals surface area (Å²) >= 11 is 0. The van der Waals surface area contributed by atoms with E-state index in [2.05, 4.69) is 10.3 Å². The highest BCUT2D eigenvalue weighted by Crippen LogP contribution is 2.31. The zero-order chi connectivity index (χ0) is 18.7. The van der Waals surface area contributed by atoms with Crippen LogP contribution in [-0.2, 0) is 23.9 Å². The van der Waals surface area contributed by atoms with Crippen LogP contribution in [0.3, 0.4) is 0 Å². The highest BCUT2D eigenvalue weighted by molar-refractivity contribution is 5.78. The zero-order valence-electron chi connectivity index (χ0n) is 14.2. The van der Waals surface area contributed by atoms with E-state index in [1.54, 1.807) is 18.2 Å². The maximum atomic E-state index is 13.2. The van der Waals surface area contributed by atoms with E-state index in [9.17, 15) is 18.0 Å². The van der Waals surface area contributed by atoms with Crippen molar-refractivity contribution in [2.45, 2.75) is 26.1 Å². The smallest absolute Gasteiger partial charge is 0.354 e. The lowest BCUT2D eigenvalue weighted by atomic mass is 10.1. The predicted molar refractivity (Wildman–Crippen MR) is 92.6 cm³/mol. The topological polar surface area (TPSA) is 46.9 Å². The number of alkyl halides is 3. The number of nitrogens with one attached hydrogen (secondary N) is 1. The summed E-state index contributed by atoms with van der Waals surface area (Å²) in [7, 11) is 0. The highest BCUT2D eigenvalue weighted by Gasteiger charge is 2.37. The molecule has 0 radical (unpaired) electrons. The fourth-order valence-corrected chi connectivity index (χ4v) is 2.78. The molecule has 1 aromatic heterocycles. The number of hydrogen-bond acceptors (Lipinski definition) is 2. The van der Waals surface area contributed by atoms with Gasteiger partial charge in [-0.3, -0.25) is 4.79 Å². The van der Waals surface area contributed by atoms with Gasteiger partial charge in [-0.1, -0.05) is 42.0 Å². The zero-order valence-corrected chi connectivity index (χ0v) is 14.2. The van der Waals surface area contributed by atoms with Gasteiger partial charge in [0.15, 0.2) is 0 Å². The molecule has 0 aliphatic heterocycles. The minimum Gasteiger partial charge on any atom is -0.354 e. The van der Waals surface area contributed by atoms with Crippen LogP contribution >= 0.6 is 0 Å². The number of carbonyl (C=O) groups excluding carboxylic acids is 1. The number of imidazole rings is 1. The van der Waals surface area contributed by atoms with Gasteiger partial charge in [-0.25, -0.2) is 4.98 Å². The largest absolute Gasteiger partial charge is 0.449 e. The van der Waals surface area contributed by atoms with Crippen molar-refractivity contribution in [2.75, 3.05) is 6.54 Å². The molecule has 0 bridgehead atoms. The van der Waals surface area contributed by atoms with Crippen molar-refractivity contribution in [3.05, 3.63) is 65.5 Å². The van der Waals surface area contributed by atoms with Crippen molar-refractivity contribution in [1.29, 1.82) is 0 Å². The van der Waals surface area contributed by atoms with Crippen LogP contribution in [0.5, 0.6) is 0 Å². The summed E-state index contributed by atoms with van der Waals surface area (Å²) in [6.45, 7) is 2.04. The molecule has 26 heavy (non-hydrogen) atoms. The lowest BCUT2D eigenvalue weighted by Crippen LogP contribution is -2.29. The number of benzene rings is 2. The van der Waals surface area contributed by atoms with Crippen LogP contribution in [0.4, 0.5) is 13.2 Å². The first-order valence-corrected chi connectivity index (χ1v) is 8.19. The van der Waals surface area contributed by atoms with Gasteiger partial charge < -0.3 is 9.88 Å². The second-order valence-electron chi connectivity index (χ2n) is 6.09. The second-order valence-corrected chi connectivity index (χ2v) is 6.09. The van der Waals surface area contributed by atoms with Crippen LogP contribution in [0.2, 0.25) is 0 Å². The fourth-order valence-electron chi connectivity index (χ4n) is 2.78. The van der Waals surface area contributed by atoms with Gasteiger partial charge in [-0.2, -0.15) is 13.2 Å². The summed E-state index contributed by atoms with van der Waals surface area (Å²) in [5, 5.41) is 2.67. The highest BCUT2D eigenvalue weighted by atomic mass is 19.4. The Morgan fingerprint density at radius 2 is 1.81 bits per heavy atom. The number of hydrogen-bond donors (Lipinski definition) is 1. The molecular formula is C19H18F3N3O. The number of fused-ring (bicyclic) bond motifs is 1. The summed E-state index contributed by atoms with van der Waals surface area (Å²) in [6.07, 6.45) is -4.36. The van der Waals surface area contributed by atoms with E-state index in [1.807, 2.05) is 31.2 Å². The first kappa shape index (κ1) is 18.0. The number of amides is 1. The molecule has 0 fully saturated rings. The third kappa shape index (κ3) is 4.04. The summed E-state index contributed by atoms with van der Waals surface area (Å²) in [6, 6.07) is 14.0. The SMILES string of the molecule is Cc1ccc(CC(=O)NCCn2c(C(F)(F)F)nc3ccccc32)cc1. The van der Waals surface area contributed by atoms with Crippen LogP contribution in [0.1, 0.15) is 17.0 Å². The molecule has 0 unspecified atom stereocenters. The van der Waals surface area contributed by atoms with E-state index in [-0.39, 0.29) is 30.9 Å². The van der Waals surface area contributed by atoms with Crippen molar-refractivity contribution in [2.24, 2.45) is 0 Å². The van der Waals surface area contributed by atoms with Crippen LogP contribution in [0, 0.1) is 6.92 Å². The van der Waals surface area contributed by atoms with Gasteiger partial charge in [0, 0.05) is 13.1 Å². The van der Waals surface area contributed by atoms with E-state index >= 15 is 0 Å². The number of halogens is 3. The Hall–Kier alpha value is -2.83. The average molecular weight is 361 g/mol. The average Bonchev–Trinajstić information content (AvgIpc) is 2.96.